The number of hydrogen-bond acceptors (Lipinski definition) is 8. The first-order valence-corrected chi connectivity index (χ1v) is 13.8. The van der Waals surface area contributed by atoms with E-state index in [9.17, 15) is 14.9 Å². The molecule has 8 nitrogen and oxygen atoms in total. The molecule has 0 saturated heterocycles. The van der Waals surface area contributed by atoms with E-state index in [1.54, 1.807) is 39.2 Å². The fourth-order valence-electron chi connectivity index (χ4n) is 4.70. The van der Waals surface area contributed by atoms with Gasteiger partial charge in [0.25, 0.3) is 5.56 Å². The first kappa shape index (κ1) is 27.6. The van der Waals surface area contributed by atoms with Gasteiger partial charge in [-0.2, -0.15) is 5.26 Å². The molecule has 0 fully saturated rings. The van der Waals surface area contributed by atoms with Crippen molar-refractivity contribution in [3.05, 3.63) is 126 Å². The van der Waals surface area contributed by atoms with Crippen molar-refractivity contribution in [2.45, 2.75) is 26.5 Å². The summed E-state index contributed by atoms with van der Waals surface area (Å²) in [6, 6.07) is 23.4. The van der Waals surface area contributed by atoms with Crippen molar-refractivity contribution in [3.8, 4) is 17.6 Å². The van der Waals surface area contributed by atoms with Gasteiger partial charge in [0.1, 0.15) is 18.1 Å². The third-order valence-electron chi connectivity index (χ3n) is 6.65. The van der Waals surface area contributed by atoms with Crippen LogP contribution in [0.15, 0.2) is 93.9 Å². The van der Waals surface area contributed by atoms with Gasteiger partial charge in [0, 0.05) is 11.1 Å². The van der Waals surface area contributed by atoms with Crippen LogP contribution in [0.4, 0.5) is 0 Å². The summed E-state index contributed by atoms with van der Waals surface area (Å²) in [7, 11) is 1.57. The molecule has 1 aliphatic rings. The molecule has 0 unspecified atom stereocenters. The van der Waals surface area contributed by atoms with Crippen molar-refractivity contribution in [3.63, 3.8) is 0 Å². The second-order valence-corrected chi connectivity index (χ2v) is 10.2. The number of para-hydroxylation sites is 1. The second-order valence-electron chi connectivity index (χ2n) is 9.17. The van der Waals surface area contributed by atoms with E-state index in [0.717, 1.165) is 5.56 Å². The molecule has 5 rings (SSSR count). The van der Waals surface area contributed by atoms with Crippen LogP contribution in [0.25, 0.3) is 6.08 Å². The van der Waals surface area contributed by atoms with Crippen LogP contribution in [0.1, 0.15) is 42.1 Å². The number of carbonyl (C=O) groups is 1. The molecule has 2 heterocycles. The van der Waals surface area contributed by atoms with Crippen LogP contribution in [0.5, 0.6) is 11.5 Å². The largest absolute Gasteiger partial charge is 0.497 e. The molecule has 0 radical (unpaired) electrons. The van der Waals surface area contributed by atoms with Gasteiger partial charge in [-0.3, -0.25) is 9.36 Å². The summed E-state index contributed by atoms with van der Waals surface area (Å²) in [5.41, 5.74) is 3.22. The van der Waals surface area contributed by atoms with Crippen LogP contribution in [0.2, 0.25) is 0 Å². The fraction of sp³-hybridized carbons (Fsp3) is 0.188. The smallest absolute Gasteiger partial charge is 0.338 e. The number of thiazole rings is 1. The molecular formula is C32H27N3O5S. The summed E-state index contributed by atoms with van der Waals surface area (Å²) in [4.78, 5) is 32.2. The number of carbonyl (C=O) groups excluding carboxylic acids is 1. The molecule has 206 valence electrons. The number of esters is 1. The number of fused-ring (bicyclic) bond motifs is 1. The fourth-order valence-corrected chi connectivity index (χ4v) is 5.74. The van der Waals surface area contributed by atoms with Crippen molar-refractivity contribution in [2.75, 3.05) is 13.7 Å². The molecule has 1 atom stereocenters. The predicted molar refractivity (Wildman–Crippen MR) is 155 cm³/mol. The van der Waals surface area contributed by atoms with Crippen molar-refractivity contribution in [2.24, 2.45) is 4.99 Å². The lowest BCUT2D eigenvalue weighted by atomic mass is 9.95. The summed E-state index contributed by atoms with van der Waals surface area (Å²) in [6.45, 7) is 3.88. The monoisotopic (exact) mass is 565 g/mol. The first-order valence-electron chi connectivity index (χ1n) is 13.0. The first-order chi connectivity index (χ1) is 19.9. The number of methoxy groups -OCH3 is 1. The van der Waals surface area contributed by atoms with Gasteiger partial charge in [-0.05, 0) is 49.8 Å². The molecule has 1 aliphatic heterocycles. The van der Waals surface area contributed by atoms with E-state index in [4.69, 9.17) is 14.2 Å². The Kier molecular flexibility index (Phi) is 8.13. The molecule has 0 N–H and O–H groups in total. The highest BCUT2D eigenvalue weighted by Crippen LogP contribution is 2.32. The lowest BCUT2D eigenvalue weighted by molar-refractivity contribution is -0.139. The van der Waals surface area contributed by atoms with Crippen molar-refractivity contribution >= 4 is 23.4 Å². The van der Waals surface area contributed by atoms with Crippen LogP contribution in [-0.2, 0) is 16.1 Å². The van der Waals surface area contributed by atoms with Gasteiger partial charge in [0.2, 0.25) is 0 Å². The van der Waals surface area contributed by atoms with Crippen LogP contribution >= 0.6 is 11.3 Å². The zero-order valence-electron chi connectivity index (χ0n) is 22.8. The minimum atomic E-state index is -0.739. The van der Waals surface area contributed by atoms with Crippen LogP contribution in [0, 0.1) is 11.3 Å². The predicted octanol–water partition coefficient (Wildman–Crippen LogP) is 4.26. The number of benzene rings is 3. The summed E-state index contributed by atoms with van der Waals surface area (Å²) in [6.07, 6.45) is 1.77. The minimum absolute atomic E-state index is 0.195. The average molecular weight is 566 g/mol. The molecule has 0 aliphatic carbocycles. The molecule has 41 heavy (non-hydrogen) atoms. The quantitative estimate of drug-likeness (QED) is 0.296. The standard InChI is InChI=1S/C32H27N3O5S/c1-4-39-31(37)28-20(2)34-32-35(29(28)22-13-9-14-25(16-22)38-3)30(36)27(41-32)17-21-10-7-8-15-26(21)40-19-24-12-6-5-11-23(24)18-33/h5-17,29H,4,19H2,1-3H3/b27-17-/t29-/m0/s1. The number of nitriles is 1. The number of rotatable bonds is 8. The number of allylic oxidation sites excluding steroid dienone is 1. The molecule has 0 bridgehead atoms. The third-order valence-corrected chi connectivity index (χ3v) is 7.64. The van der Waals surface area contributed by atoms with Gasteiger partial charge in [-0.15, -0.1) is 0 Å². The summed E-state index contributed by atoms with van der Waals surface area (Å²) in [5.74, 6) is 0.651. The highest BCUT2D eigenvalue weighted by molar-refractivity contribution is 7.07. The molecular weight excluding hydrogens is 538 g/mol. The Labute approximate surface area is 240 Å². The minimum Gasteiger partial charge on any atom is -0.497 e. The summed E-state index contributed by atoms with van der Waals surface area (Å²) >= 11 is 1.24. The number of nitrogens with zero attached hydrogens (tertiary/aromatic N) is 3. The Hall–Kier alpha value is -4.94. The molecule has 3 aromatic carbocycles. The molecule has 4 aromatic rings. The zero-order valence-corrected chi connectivity index (χ0v) is 23.6. The van der Waals surface area contributed by atoms with Crippen molar-refractivity contribution in [1.82, 2.24) is 4.57 Å². The zero-order chi connectivity index (χ0) is 28.9. The number of ether oxygens (including phenoxy) is 3. The van der Waals surface area contributed by atoms with Crippen LogP contribution in [-0.4, -0.2) is 24.3 Å². The topological polar surface area (TPSA) is 103 Å². The third kappa shape index (κ3) is 5.55. The maximum atomic E-state index is 14.0. The Bertz CT molecular complexity index is 1880. The average Bonchev–Trinajstić information content (AvgIpc) is 3.30. The number of aromatic nitrogens is 1. The van der Waals surface area contributed by atoms with Gasteiger partial charge in [-0.25, -0.2) is 9.79 Å². The van der Waals surface area contributed by atoms with Gasteiger partial charge in [0.05, 0.1) is 47.2 Å². The van der Waals surface area contributed by atoms with E-state index in [0.29, 0.717) is 48.8 Å². The van der Waals surface area contributed by atoms with Gasteiger partial charge in [0.15, 0.2) is 4.80 Å². The van der Waals surface area contributed by atoms with Gasteiger partial charge in [-0.1, -0.05) is 59.9 Å². The molecule has 0 saturated carbocycles. The van der Waals surface area contributed by atoms with E-state index in [2.05, 4.69) is 11.1 Å². The molecule has 0 amide bonds. The molecule has 1 aromatic heterocycles. The van der Waals surface area contributed by atoms with Gasteiger partial charge >= 0.3 is 5.97 Å². The Morgan fingerprint density at radius 2 is 1.90 bits per heavy atom. The van der Waals surface area contributed by atoms with Crippen molar-refractivity contribution in [1.29, 1.82) is 5.26 Å². The SMILES string of the molecule is CCOC(=O)C1=C(C)N=c2s/c(=C\c3ccccc3OCc3ccccc3C#N)c(=O)n2[C@H]1c1cccc(OC)c1. The molecule has 0 spiro atoms. The Balaban J connectivity index is 1.61. The van der Waals surface area contributed by atoms with Crippen LogP contribution < -0.4 is 24.4 Å². The maximum absolute atomic E-state index is 14.0. The highest BCUT2D eigenvalue weighted by atomic mass is 32.1. The summed E-state index contributed by atoms with van der Waals surface area (Å²) in [5, 5.41) is 9.41. The van der Waals surface area contributed by atoms with E-state index < -0.39 is 12.0 Å². The Morgan fingerprint density at radius 1 is 1.12 bits per heavy atom. The van der Waals surface area contributed by atoms with E-state index >= 15 is 0 Å². The summed E-state index contributed by atoms with van der Waals surface area (Å²) < 4.78 is 18.9. The second kappa shape index (κ2) is 12.1. The normalized spacial score (nSPS) is 14.6. The number of hydrogen-bond donors (Lipinski definition) is 0. The Morgan fingerprint density at radius 3 is 2.68 bits per heavy atom. The maximum Gasteiger partial charge on any atom is 0.338 e. The lowest BCUT2D eigenvalue weighted by Gasteiger charge is -2.25. The van der Waals surface area contributed by atoms with E-state index in [1.807, 2.05) is 60.7 Å². The van der Waals surface area contributed by atoms with Gasteiger partial charge < -0.3 is 14.2 Å². The molecule has 9 heteroatoms. The lowest BCUT2D eigenvalue weighted by Crippen LogP contribution is -2.39. The van der Waals surface area contributed by atoms with E-state index in [-0.39, 0.29) is 18.8 Å². The van der Waals surface area contributed by atoms with E-state index in [1.165, 1.54) is 15.9 Å². The van der Waals surface area contributed by atoms with Crippen molar-refractivity contribution < 1.29 is 19.0 Å². The van der Waals surface area contributed by atoms with Crippen LogP contribution in [0.3, 0.4) is 0 Å². The highest BCUT2D eigenvalue weighted by Gasteiger charge is 2.33.